The molecule has 0 aliphatic carbocycles. The van der Waals surface area contributed by atoms with Crippen LogP contribution in [0.15, 0.2) is 24.3 Å². The molecule has 124 valence electrons. The van der Waals surface area contributed by atoms with Gasteiger partial charge in [0.05, 0.1) is 21.4 Å². The van der Waals surface area contributed by atoms with Gasteiger partial charge in [-0.25, -0.2) is 9.67 Å². The Labute approximate surface area is 148 Å². The van der Waals surface area contributed by atoms with E-state index < -0.39 is 0 Å². The molecule has 0 saturated heterocycles. The average Bonchev–Trinajstić information content (AvgIpc) is 3.20. The molecule has 1 amide bonds. The minimum atomic E-state index is -0.189. The molecule has 3 aromatic rings. The molecule has 1 aliphatic rings. The molecular weight excluding hydrogens is 340 g/mol. The summed E-state index contributed by atoms with van der Waals surface area (Å²) in [5.74, 6) is 2.44. The number of hydrogen-bond donors (Lipinski definition) is 1. The highest BCUT2D eigenvalue weighted by Gasteiger charge is 2.29. The molecule has 3 heterocycles. The number of anilines is 1. The second-order valence-corrected chi connectivity index (χ2v) is 8.81. The zero-order valence-corrected chi connectivity index (χ0v) is 15.4. The van der Waals surface area contributed by atoms with E-state index in [9.17, 15) is 4.79 Å². The van der Waals surface area contributed by atoms with E-state index in [0.717, 1.165) is 38.8 Å². The maximum absolute atomic E-state index is 12.7. The van der Waals surface area contributed by atoms with Crippen molar-refractivity contribution in [1.29, 1.82) is 0 Å². The van der Waals surface area contributed by atoms with Crippen LogP contribution in [0.25, 0.3) is 10.2 Å². The smallest absolute Gasteiger partial charge is 0.285 e. The average molecular weight is 358 g/mol. The summed E-state index contributed by atoms with van der Waals surface area (Å²) in [7, 11) is 0. The van der Waals surface area contributed by atoms with Crippen LogP contribution >= 0.6 is 23.1 Å². The van der Waals surface area contributed by atoms with Gasteiger partial charge in [-0.3, -0.25) is 4.79 Å². The number of fused-ring (bicyclic) bond motifs is 2. The molecule has 0 fully saturated rings. The predicted octanol–water partition coefficient (Wildman–Crippen LogP) is 4.25. The summed E-state index contributed by atoms with van der Waals surface area (Å²) in [5, 5.41) is 8.27. The lowest BCUT2D eigenvalue weighted by molar-refractivity contribution is 0.102. The molecule has 0 radical (unpaired) electrons. The number of thioether (sulfide) groups is 1. The first-order valence-corrected chi connectivity index (χ1v) is 9.76. The Morgan fingerprint density at radius 1 is 1.25 bits per heavy atom. The van der Waals surface area contributed by atoms with Crippen molar-refractivity contribution in [2.45, 2.75) is 37.8 Å². The number of benzene rings is 1. The SMILES string of the molecule is CC(C)(C)n1nc2c(c1NC(=O)c1nc3ccccc3s1)CSC2. The Kier molecular flexibility index (Phi) is 3.65. The van der Waals surface area contributed by atoms with Crippen molar-refractivity contribution in [3.8, 4) is 0 Å². The van der Waals surface area contributed by atoms with Crippen LogP contribution < -0.4 is 5.32 Å². The first-order valence-electron chi connectivity index (χ1n) is 7.79. The molecule has 0 atom stereocenters. The molecule has 0 spiro atoms. The molecular formula is C17H18N4OS2. The summed E-state index contributed by atoms with van der Waals surface area (Å²) in [6.45, 7) is 6.28. The molecule has 1 aromatic carbocycles. The van der Waals surface area contributed by atoms with E-state index in [-0.39, 0.29) is 11.4 Å². The van der Waals surface area contributed by atoms with Gasteiger partial charge >= 0.3 is 0 Å². The Hall–Kier alpha value is -1.86. The maximum atomic E-state index is 12.7. The molecule has 24 heavy (non-hydrogen) atoms. The lowest BCUT2D eigenvalue weighted by Crippen LogP contribution is -2.27. The summed E-state index contributed by atoms with van der Waals surface area (Å²) >= 11 is 3.25. The van der Waals surface area contributed by atoms with E-state index in [4.69, 9.17) is 5.10 Å². The normalized spacial score (nSPS) is 14.1. The molecule has 2 aromatic heterocycles. The topological polar surface area (TPSA) is 59.8 Å². The molecule has 4 rings (SSSR count). The summed E-state index contributed by atoms with van der Waals surface area (Å²) in [6, 6.07) is 7.80. The number of aromatic nitrogens is 3. The van der Waals surface area contributed by atoms with E-state index in [2.05, 4.69) is 31.1 Å². The number of para-hydroxylation sites is 1. The van der Waals surface area contributed by atoms with Gasteiger partial charge in [-0.2, -0.15) is 16.9 Å². The quantitative estimate of drug-likeness (QED) is 0.744. The summed E-state index contributed by atoms with van der Waals surface area (Å²) in [4.78, 5) is 17.2. The van der Waals surface area contributed by atoms with Crippen molar-refractivity contribution in [3.63, 3.8) is 0 Å². The molecule has 0 unspecified atom stereocenters. The highest BCUT2D eigenvalue weighted by molar-refractivity contribution is 7.98. The second-order valence-electron chi connectivity index (χ2n) is 6.79. The standard InChI is InChI=1S/C17H18N4OS2/c1-17(2,3)21-14(10-8-23-9-12(10)20-21)19-15(22)16-18-11-6-4-5-7-13(11)24-16/h4-7H,8-9H2,1-3H3,(H,19,22). The van der Waals surface area contributed by atoms with Crippen molar-refractivity contribution in [3.05, 3.63) is 40.5 Å². The fourth-order valence-corrected chi connectivity index (χ4v) is 4.65. The minimum Gasteiger partial charge on any atom is -0.304 e. The zero-order chi connectivity index (χ0) is 16.9. The van der Waals surface area contributed by atoms with Gasteiger partial charge in [0.1, 0.15) is 5.82 Å². The van der Waals surface area contributed by atoms with Gasteiger partial charge in [-0.15, -0.1) is 11.3 Å². The Balaban J connectivity index is 1.71. The van der Waals surface area contributed by atoms with Gasteiger partial charge in [0.15, 0.2) is 5.01 Å². The first-order chi connectivity index (χ1) is 11.4. The Bertz CT molecular complexity index is 903. The van der Waals surface area contributed by atoms with Crippen LogP contribution in [0.1, 0.15) is 41.8 Å². The van der Waals surface area contributed by atoms with E-state index in [0.29, 0.717) is 5.01 Å². The van der Waals surface area contributed by atoms with Crippen LogP contribution in [-0.4, -0.2) is 20.7 Å². The van der Waals surface area contributed by atoms with Crippen LogP contribution in [-0.2, 0) is 17.0 Å². The molecule has 0 bridgehead atoms. The number of nitrogens with one attached hydrogen (secondary N) is 1. The van der Waals surface area contributed by atoms with Gasteiger partial charge in [-0.1, -0.05) is 12.1 Å². The highest BCUT2D eigenvalue weighted by atomic mass is 32.2. The van der Waals surface area contributed by atoms with Crippen molar-refractivity contribution in [2.24, 2.45) is 0 Å². The summed E-state index contributed by atoms with van der Waals surface area (Å²) in [6.07, 6.45) is 0. The number of amides is 1. The first kappa shape index (κ1) is 15.7. The van der Waals surface area contributed by atoms with E-state index in [1.807, 2.05) is 40.7 Å². The van der Waals surface area contributed by atoms with Gasteiger partial charge in [0, 0.05) is 17.1 Å². The fourth-order valence-electron chi connectivity index (χ4n) is 2.76. The third-order valence-electron chi connectivity index (χ3n) is 3.91. The number of thiazole rings is 1. The van der Waals surface area contributed by atoms with Crippen molar-refractivity contribution < 1.29 is 4.79 Å². The van der Waals surface area contributed by atoms with Gasteiger partial charge in [-0.05, 0) is 32.9 Å². The summed E-state index contributed by atoms with van der Waals surface area (Å²) in [5.41, 5.74) is 2.89. The third kappa shape index (κ3) is 2.61. The van der Waals surface area contributed by atoms with Crippen LogP contribution in [0.5, 0.6) is 0 Å². The monoisotopic (exact) mass is 358 g/mol. The zero-order valence-electron chi connectivity index (χ0n) is 13.8. The number of nitrogens with zero attached hydrogens (tertiary/aromatic N) is 3. The molecule has 1 N–H and O–H groups in total. The van der Waals surface area contributed by atoms with Crippen LogP contribution in [0.3, 0.4) is 0 Å². The Morgan fingerprint density at radius 2 is 2.04 bits per heavy atom. The minimum absolute atomic E-state index is 0.165. The molecule has 5 nitrogen and oxygen atoms in total. The third-order valence-corrected chi connectivity index (χ3v) is 5.91. The van der Waals surface area contributed by atoms with Crippen LogP contribution in [0, 0.1) is 0 Å². The highest BCUT2D eigenvalue weighted by Crippen LogP contribution is 2.37. The van der Waals surface area contributed by atoms with E-state index in [1.54, 1.807) is 0 Å². The molecule has 1 aliphatic heterocycles. The van der Waals surface area contributed by atoms with Crippen molar-refractivity contribution >= 4 is 45.0 Å². The lowest BCUT2D eigenvalue weighted by atomic mass is 10.1. The van der Waals surface area contributed by atoms with Gasteiger partial charge in [0.2, 0.25) is 0 Å². The maximum Gasteiger partial charge on any atom is 0.285 e. The Morgan fingerprint density at radius 3 is 2.79 bits per heavy atom. The largest absolute Gasteiger partial charge is 0.304 e. The molecule has 7 heteroatoms. The van der Waals surface area contributed by atoms with Crippen LogP contribution in [0.4, 0.5) is 5.82 Å². The van der Waals surface area contributed by atoms with Crippen LogP contribution in [0.2, 0.25) is 0 Å². The number of carbonyl (C=O) groups is 1. The fraction of sp³-hybridized carbons (Fsp3) is 0.353. The van der Waals surface area contributed by atoms with Gasteiger partial charge in [0.25, 0.3) is 5.91 Å². The number of rotatable bonds is 2. The number of carbonyl (C=O) groups excluding carboxylic acids is 1. The van der Waals surface area contributed by atoms with Gasteiger partial charge < -0.3 is 5.32 Å². The predicted molar refractivity (Wildman–Crippen MR) is 99.8 cm³/mol. The van der Waals surface area contributed by atoms with E-state index in [1.165, 1.54) is 11.3 Å². The summed E-state index contributed by atoms with van der Waals surface area (Å²) < 4.78 is 2.95. The van der Waals surface area contributed by atoms with E-state index >= 15 is 0 Å². The lowest BCUT2D eigenvalue weighted by Gasteiger charge is -2.23. The van der Waals surface area contributed by atoms with Crippen molar-refractivity contribution in [1.82, 2.24) is 14.8 Å². The number of hydrogen-bond acceptors (Lipinski definition) is 5. The molecule has 0 saturated carbocycles. The second kappa shape index (κ2) is 5.60. The van der Waals surface area contributed by atoms with Crippen molar-refractivity contribution in [2.75, 3.05) is 5.32 Å².